The number of allylic oxidation sites excluding steroid dienone is 2. The number of hydrogen-bond acceptors (Lipinski definition) is 5. The van der Waals surface area contributed by atoms with E-state index in [0.717, 1.165) is 0 Å². The molecule has 3 atom stereocenters. The Balaban J connectivity index is 1.67. The molecule has 2 aromatic rings. The molecule has 12 heteroatoms. The number of aliphatic hydroxyl groups is 1. The van der Waals surface area contributed by atoms with Gasteiger partial charge in [0.15, 0.2) is 5.75 Å². The molecule has 1 aliphatic heterocycles. The van der Waals surface area contributed by atoms with E-state index in [4.69, 9.17) is 4.74 Å². The first-order valence-corrected chi connectivity index (χ1v) is 11.6. The molecule has 0 fully saturated rings. The van der Waals surface area contributed by atoms with Gasteiger partial charge in [-0.1, -0.05) is 30.3 Å². The van der Waals surface area contributed by atoms with Gasteiger partial charge in [0.05, 0.1) is 17.8 Å². The highest BCUT2D eigenvalue weighted by atomic mass is 19.4. The first-order valence-electron chi connectivity index (χ1n) is 11.6. The number of ether oxygens (including phenoxy) is 3. The van der Waals surface area contributed by atoms with E-state index in [-0.39, 0.29) is 13.2 Å². The standard InChI is InChI=1S/C26H24F7NO4/c1-15(35)13-34-21-10-4-9-20(16-5-2-8-19(11-16)38-26(31,32)33)23(21)36-14-22(34)17-6-3-7-18(12-17)37-25(29,30)24(27)28/h2-5,7-12,15,17,22,24,35H,6,13-14H2,1H3/t15-,17+,22?/m1/s1. The zero-order valence-electron chi connectivity index (χ0n) is 20.0. The van der Waals surface area contributed by atoms with Gasteiger partial charge in [-0.3, -0.25) is 0 Å². The highest BCUT2D eigenvalue weighted by Crippen LogP contribution is 2.45. The Kier molecular flexibility index (Phi) is 7.82. The highest BCUT2D eigenvalue weighted by molar-refractivity contribution is 5.80. The molecule has 2 aliphatic rings. The lowest BCUT2D eigenvalue weighted by molar-refractivity contribution is -0.280. The first kappa shape index (κ1) is 27.6. The number of nitrogens with zero attached hydrogens (tertiary/aromatic N) is 1. The maximum absolute atomic E-state index is 13.5. The average Bonchev–Trinajstić information content (AvgIpc) is 2.82. The molecule has 1 heterocycles. The van der Waals surface area contributed by atoms with Gasteiger partial charge in [-0.2, -0.15) is 17.6 Å². The summed E-state index contributed by atoms with van der Waals surface area (Å²) in [4.78, 5) is 1.81. The number of hydrogen-bond donors (Lipinski definition) is 1. The van der Waals surface area contributed by atoms with E-state index in [9.17, 15) is 35.8 Å². The Morgan fingerprint density at radius 3 is 2.50 bits per heavy atom. The van der Waals surface area contributed by atoms with Gasteiger partial charge in [0.2, 0.25) is 0 Å². The van der Waals surface area contributed by atoms with Crippen LogP contribution in [0.5, 0.6) is 11.5 Å². The third kappa shape index (κ3) is 6.35. The molecule has 206 valence electrons. The number of halogens is 7. The molecule has 0 aromatic heterocycles. The van der Waals surface area contributed by atoms with Crippen LogP contribution in [-0.2, 0) is 4.74 Å². The van der Waals surface area contributed by atoms with Crippen LogP contribution in [0.1, 0.15) is 13.3 Å². The van der Waals surface area contributed by atoms with E-state index in [2.05, 4.69) is 9.47 Å². The van der Waals surface area contributed by atoms with Crippen molar-refractivity contribution in [2.45, 2.75) is 44.4 Å². The van der Waals surface area contributed by atoms with Crippen molar-refractivity contribution in [1.82, 2.24) is 0 Å². The van der Waals surface area contributed by atoms with Crippen LogP contribution in [0.4, 0.5) is 36.4 Å². The lowest BCUT2D eigenvalue weighted by atomic mass is 9.89. The zero-order valence-corrected chi connectivity index (χ0v) is 20.0. The maximum atomic E-state index is 13.5. The molecule has 1 unspecified atom stereocenters. The molecule has 5 nitrogen and oxygen atoms in total. The van der Waals surface area contributed by atoms with E-state index in [1.807, 2.05) is 4.90 Å². The maximum Gasteiger partial charge on any atom is 0.573 e. The summed E-state index contributed by atoms with van der Waals surface area (Å²) in [6.45, 7) is 1.69. The fraction of sp³-hybridized carbons (Fsp3) is 0.385. The van der Waals surface area contributed by atoms with E-state index in [0.29, 0.717) is 29.0 Å². The molecule has 0 amide bonds. The van der Waals surface area contributed by atoms with Crippen molar-refractivity contribution >= 4 is 5.69 Å². The van der Waals surface area contributed by atoms with E-state index in [1.54, 1.807) is 31.2 Å². The number of fused-ring (bicyclic) bond motifs is 1. The van der Waals surface area contributed by atoms with Crippen LogP contribution in [0.2, 0.25) is 0 Å². The van der Waals surface area contributed by atoms with Gasteiger partial charge in [0, 0.05) is 18.0 Å². The fourth-order valence-electron chi connectivity index (χ4n) is 4.52. The summed E-state index contributed by atoms with van der Waals surface area (Å²) in [7, 11) is 0. The number of β-amino-alcohol motifs (C(OH)–C–C–N with tert-alkyl or cyclic N) is 1. The quantitative estimate of drug-likeness (QED) is 0.381. The largest absolute Gasteiger partial charge is 0.573 e. The summed E-state index contributed by atoms with van der Waals surface area (Å²) in [5, 5.41) is 10.2. The molecule has 1 aliphatic carbocycles. The molecular formula is C26H24F7NO4. The second kappa shape index (κ2) is 10.8. The Labute approximate surface area is 213 Å². The minimum Gasteiger partial charge on any atom is -0.489 e. The van der Waals surface area contributed by atoms with Crippen LogP contribution in [-0.4, -0.2) is 49.3 Å². The van der Waals surface area contributed by atoms with Gasteiger partial charge in [0.1, 0.15) is 18.1 Å². The van der Waals surface area contributed by atoms with Crippen LogP contribution >= 0.6 is 0 Å². The monoisotopic (exact) mass is 547 g/mol. The number of para-hydroxylation sites is 1. The smallest absolute Gasteiger partial charge is 0.489 e. The van der Waals surface area contributed by atoms with Crippen LogP contribution in [0, 0.1) is 5.92 Å². The summed E-state index contributed by atoms with van der Waals surface area (Å²) in [6, 6.07) is 9.92. The molecule has 1 N–H and O–H groups in total. The predicted octanol–water partition coefficient (Wildman–Crippen LogP) is 6.53. The number of aliphatic hydroxyl groups excluding tert-OH is 1. The van der Waals surface area contributed by atoms with E-state index >= 15 is 0 Å². The van der Waals surface area contributed by atoms with Crippen molar-refractivity contribution in [3.63, 3.8) is 0 Å². The minimum atomic E-state index is -4.86. The zero-order chi connectivity index (χ0) is 27.7. The SMILES string of the molecule is C[C@@H](O)CN1c2cccc(-c3cccc(OC(F)(F)F)c3)c2OCC1[C@@H]1C=C(OC(F)(F)C(F)F)C=CC1. The molecular weight excluding hydrogens is 523 g/mol. The van der Waals surface area contributed by atoms with Crippen molar-refractivity contribution in [3.05, 3.63) is 66.5 Å². The molecule has 4 rings (SSSR count). The number of rotatable bonds is 8. The molecule has 2 aromatic carbocycles. The van der Waals surface area contributed by atoms with Crippen molar-refractivity contribution in [1.29, 1.82) is 0 Å². The molecule has 0 bridgehead atoms. The van der Waals surface area contributed by atoms with Crippen LogP contribution in [0.15, 0.2) is 66.5 Å². The third-order valence-electron chi connectivity index (χ3n) is 6.01. The summed E-state index contributed by atoms with van der Waals surface area (Å²) < 4.78 is 105. The second-order valence-electron chi connectivity index (χ2n) is 8.94. The molecule has 0 saturated carbocycles. The molecule has 0 spiro atoms. The van der Waals surface area contributed by atoms with Gasteiger partial charge in [-0.05, 0) is 49.3 Å². The second-order valence-corrected chi connectivity index (χ2v) is 8.94. The number of anilines is 1. The topological polar surface area (TPSA) is 51.2 Å². The van der Waals surface area contributed by atoms with Crippen LogP contribution < -0.4 is 14.4 Å². The van der Waals surface area contributed by atoms with Crippen molar-refractivity contribution in [2.75, 3.05) is 18.1 Å². The van der Waals surface area contributed by atoms with Gasteiger partial charge in [-0.15, -0.1) is 13.2 Å². The summed E-state index contributed by atoms with van der Waals surface area (Å²) in [6.07, 6.45) is -9.94. The molecule has 0 radical (unpaired) electrons. The Morgan fingerprint density at radius 2 is 1.82 bits per heavy atom. The van der Waals surface area contributed by atoms with E-state index in [1.165, 1.54) is 36.4 Å². The minimum absolute atomic E-state index is 0.0169. The fourth-order valence-corrected chi connectivity index (χ4v) is 4.52. The summed E-state index contributed by atoms with van der Waals surface area (Å²) in [5.41, 5.74) is 1.39. The Hall–Kier alpha value is -3.41. The average molecular weight is 547 g/mol. The van der Waals surface area contributed by atoms with Crippen molar-refractivity contribution in [3.8, 4) is 22.6 Å². The number of alkyl halides is 7. The van der Waals surface area contributed by atoms with Gasteiger partial charge in [-0.25, -0.2) is 0 Å². The Bertz CT molecular complexity index is 1200. The normalized spacial score (nSPS) is 20.5. The van der Waals surface area contributed by atoms with Gasteiger partial charge < -0.3 is 24.2 Å². The highest BCUT2D eigenvalue weighted by Gasteiger charge is 2.45. The van der Waals surface area contributed by atoms with Crippen LogP contribution in [0.25, 0.3) is 11.1 Å². The molecule has 0 saturated heterocycles. The number of benzene rings is 2. The van der Waals surface area contributed by atoms with Crippen molar-refractivity contribution < 1.29 is 50.1 Å². The first-order chi connectivity index (χ1) is 17.8. The van der Waals surface area contributed by atoms with Crippen molar-refractivity contribution in [2.24, 2.45) is 5.92 Å². The predicted molar refractivity (Wildman–Crippen MR) is 124 cm³/mol. The Morgan fingerprint density at radius 1 is 1.08 bits per heavy atom. The third-order valence-corrected chi connectivity index (χ3v) is 6.01. The lowest BCUT2D eigenvalue weighted by Gasteiger charge is -2.43. The van der Waals surface area contributed by atoms with Crippen LogP contribution in [0.3, 0.4) is 0 Å². The lowest BCUT2D eigenvalue weighted by Crippen LogP contribution is -2.50. The van der Waals surface area contributed by atoms with Gasteiger partial charge >= 0.3 is 18.9 Å². The summed E-state index contributed by atoms with van der Waals surface area (Å²) >= 11 is 0. The summed E-state index contributed by atoms with van der Waals surface area (Å²) in [5.74, 6) is -0.967. The van der Waals surface area contributed by atoms with E-state index < -0.39 is 48.5 Å². The molecule has 38 heavy (non-hydrogen) atoms. The van der Waals surface area contributed by atoms with Gasteiger partial charge in [0.25, 0.3) is 0 Å².